The number of amides is 1. The lowest BCUT2D eigenvalue weighted by atomic mass is 10.2. The van der Waals surface area contributed by atoms with Crippen LogP contribution in [0.1, 0.15) is 6.42 Å². The lowest BCUT2D eigenvalue weighted by Gasteiger charge is -2.13. The number of rotatable bonds is 4. The molecule has 0 aliphatic carbocycles. The Kier molecular flexibility index (Phi) is 6.30. The Morgan fingerprint density at radius 3 is 2.80 bits per heavy atom. The molecular formula is C17H19ClFN3O3. The van der Waals surface area contributed by atoms with E-state index in [9.17, 15) is 14.0 Å². The molecule has 2 N–H and O–H groups in total. The maximum atomic E-state index is 14.3. The summed E-state index contributed by atoms with van der Waals surface area (Å²) in [6.07, 6.45) is 2.09. The van der Waals surface area contributed by atoms with Gasteiger partial charge in [0.05, 0.1) is 23.5 Å². The number of halogens is 2. The molecule has 3 rings (SSSR count). The topological polar surface area (TPSA) is 72.4 Å². The Bertz CT molecular complexity index is 812. The number of nitrogens with one attached hydrogen (secondary N) is 2. The molecular weight excluding hydrogens is 349 g/mol. The highest BCUT2D eigenvalue weighted by molar-refractivity contribution is 5.95. The molecule has 8 heteroatoms. The Morgan fingerprint density at radius 1 is 1.36 bits per heavy atom. The van der Waals surface area contributed by atoms with Crippen molar-refractivity contribution in [3.8, 4) is 5.69 Å². The highest BCUT2D eigenvalue weighted by Gasteiger charge is 2.29. The number of nitrogens with zero attached hydrogens (tertiary/aromatic N) is 1. The first-order valence-corrected chi connectivity index (χ1v) is 7.63. The molecule has 134 valence electrons. The molecule has 1 aromatic heterocycles. The zero-order chi connectivity index (χ0) is 17.1. The maximum Gasteiger partial charge on any atom is 0.255 e. The van der Waals surface area contributed by atoms with Gasteiger partial charge >= 0.3 is 0 Å². The van der Waals surface area contributed by atoms with Gasteiger partial charge in [0.2, 0.25) is 5.91 Å². The standard InChI is InChI=1S/C17H18FN3O3.ClH/c1-24-12-9-15(19-10-12)17(23)20-14-6-5-11(8-13(14)18)21-7-3-2-4-16(21)22;/h2-8,12,15,19H,9-10H2,1H3,(H,20,23);1H/t12-,15-;/m1./s1. The third-order valence-corrected chi connectivity index (χ3v) is 4.05. The van der Waals surface area contributed by atoms with Gasteiger partial charge in [-0.05, 0) is 24.6 Å². The fourth-order valence-electron chi connectivity index (χ4n) is 2.70. The highest BCUT2D eigenvalue weighted by atomic mass is 35.5. The molecule has 1 aliphatic heterocycles. The van der Waals surface area contributed by atoms with E-state index in [0.717, 1.165) is 0 Å². The van der Waals surface area contributed by atoms with Crippen LogP contribution < -0.4 is 16.2 Å². The van der Waals surface area contributed by atoms with Gasteiger partial charge in [-0.3, -0.25) is 14.2 Å². The Balaban J connectivity index is 0.00000225. The number of hydrogen-bond donors (Lipinski definition) is 2. The van der Waals surface area contributed by atoms with Crippen LogP contribution in [0.25, 0.3) is 5.69 Å². The molecule has 0 radical (unpaired) electrons. The van der Waals surface area contributed by atoms with Crippen molar-refractivity contribution in [3.05, 3.63) is 58.8 Å². The third-order valence-electron chi connectivity index (χ3n) is 4.05. The van der Waals surface area contributed by atoms with Crippen LogP contribution in [0.4, 0.5) is 10.1 Å². The van der Waals surface area contributed by atoms with E-state index >= 15 is 0 Å². The van der Waals surface area contributed by atoms with Gasteiger partial charge in [0, 0.05) is 32.0 Å². The van der Waals surface area contributed by atoms with E-state index in [4.69, 9.17) is 4.74 Å². The van der Waals surface area contributed by atoms with Crippen molar-refractivity contribution >= 4 is 24.0 Å². The summed E-state index contributed by atoms with van der Waals surface area (Å²) in [6, 6.07) is 8.54. The molecule has 1 aliphatic rings. The summed E-state index contributed by atoms with van der Waals surface area (Å²) in [5.74, 6) is -0.907. The van der Waals surface area contributed by atoms with Gasteiger partial charge < -0.3 is 15.4 Å². The predicted octanol–water partition coefficient (Wildman–Crippen LogP) is 1.71. The van der Waals surface area contributed by atoms with Crippen LogP contribution in [0.2, 0.25) is 0 Å². The molecule has 1 aromatic carbocycles. The van der Waals surface area contributed by atoms with Crippen LogP contribution in [0.15, 0.2) is 47.4 Å². The maximum absolute atomic E-state index is 14.3. The second-order valence-electron chi connectivity index (χ2n) is 5.62. The normalized spacial score (nSPS) is 19.3. The molecule has 0 saturated carbocycles. The van der Waals surface area contributed by atoms with Crippen molar-refractivity contribution in [1.29, 1.82) is 0 Å². The van der Waals surface area contributed by atoms with E-state index in [1.165, 1.54) is 22.8 Å². The molecule has 0 unspecified atom stereocenters. The SMILES string of the molecule is CO[C@H]1CN[C@@H](C(=O)Nc2ccc(-n3ccccc3=O)cc2F)C1.Cl. The third kappa shape index (κ3) is 4.25. The summed E-state index contributed by atoms with van der Waals surface area (Å²) in [5, 5.41) is 5.61. The largest absolute Gasteiger partial charge is 0.380 e. The van der Waals surface area contributed by atoms with Crippen LogP contribution in [0.3, 0.4) is 0 Å². The van der Waals surface area contributed by atoms with E-state index in [1.807, 2.05) is 0 Å². The Labute approximate surface area is 150 Å². The van der Waals surface area contributed by atoms with Gasteiger partial charge in [-0.2, -0.15) is 0 Å². The number of pyridine rings is 1. The monoisotopic (exact) mass is 367 g/mol. The minimum atomic E-state index is -0.599. The summed E-state index contributed by atoms with van der Waals surface area (Å²) < 4.78 is 20.8. The molecule has 25 heavy (non-hydrogen) atoms. The van der Waals surface area contributed by atoms with Crippen molar-refractivity contribution in [2.24, 2.45) is 0 Å². The first-order chi connectivity index (χ1) is 11.6. The van der Waals surface area contributed by atoms with Crippen molar-refractivity contribution in [1.82, 2.24) is 9.88 Å². The number of carbonyl (C=O) groups is 1. The Morgan fingerprint density at radius 2 is 2.16 bits per heavy atom. The molecule has 1 saturated heterocycles. The zero-order valence-electron chi connectivity index (χ0n) is 13.6. The number of carbonyl (C=O) groups excluding carboxylic acids is 1. The summed E-state index contributed by atoms with van der Waals surface area (Å²) in [4.78, 5) is 24.0. The van der Waals surface area contributed by atoms with Crippen LogP contribution in [-0.2, 0) is 9.53 Å². The average molecular weight is 368 g/mol. The van der Waals surface area contributed by atoms with Crippen LogP contribution in [0.5, 0.6) is 0 Å². The summed E-state index contributed by atoms with van der Waals surface area (Å²) in [7, 11) is 1.59. The minimum absolute atomic E-state index is 0. The van der Waals surface area contributed by atoms with Crippen molar-refractivity contribution in [2.45, 2.75) is 18.6 Å². The van der Waals surface area contributed by atoms with Crippen LogP contribution in [0, 0.1) is 5.82 Å². The highest BCUT2D eigenvalue weighted by Crippen LogP contribution is 2.19. The quantitative estimate of drug-likeness (QED) is 0.863. The molecule has 6 nitrogen and oxygen atoms in total. The fraction of sp³-hybridized carbons (Fsp3) is 0.294. The summed E-state index contributed by atoms with van der Waals surface area (Å²) in [5.41, 5.74) is 0.222. The van der Waals surface area contributed by atoms with E-state index in [1.54, 1.807) is 31.5 Å². The number of hydrogen-bond acceptors (Lipinski definition) is 4. The predicted molar refractivity (Wildman–Crippen MR) is 95.1 cm³/mol. The zero-order valence-corrected chi connectivity index (χ0v) is 14.4. The second-order valence-corrected chi connectivity index (χ2v) is 5.62. The van der Waals surface area contributed by atoms with Gasteiger partial charge in [0.1, 0.15) is 5.82 Å². The van der Waals surface area contributed by atoms with Gasteiger partial charge in [0.15, 0.2) is 0 Å². The van der Waals surface area contributed by atoms with E-state index < -0.39 is 11.9 Å². The molecule has 1 amide bonds. The van der Waals surface area contributed by atoms with Gasteiger partial charge in [-0.25, -0.2) is 4.39 Å². The number of methoxy groups -OCH3 is 1. The molecule has 2 aromatic rings. The second kappa shape index (κ2) is 8.24. The lowest BCUT2D eigenvalue weighted by molar-refractivity contribution is -0.118. The number of benzene rings is 1. The minimum Gasteiger partial charge on any atom is -0.380 e. The number of ether oxygens (including phenoxy) is 1. The van der Waals surface area contributed by atoms with Crippen molar-refractivity contribution in [2.75, 3.05) is 19.0 Å². The van der Waals surface area contributed by atoms with Gasteiger partial charge in [-0.1, -0.05) is 6.07 Å². The fourth-order valence-corrected chi connectivity index (χ4v) is 2.70. The molecule has 2 heterocycles. The molecule has 1 fully saturated rings. The molecule has 2 atom stereocenters. The van der Waals surface area contributed by atoms with E-state index in [2.05, 4.69) is 10.6 Å². The number of aromatic nitrogens is 1. The van der Waals surface area contributed by atoms with Gasteiger partial charge in [-0.15, -0.1) is 12.4 Å². The molecule has 0 spiro atoms. The summed E-state index contributed by atoms with van der Waals surface area (Å²) in [6.45, 7) is 0.590. The van der Waals surface area contributed by atoms with Crippen molar-refractivity contribution in [3.63, 3.8) is 0 Å². The average Bonchev–Trinajstić information content (AvgIpc) is 3.06. The first kappa shape index (κ1) is 19.1. The van der Waals surface area contributed by atoms with E-state index in [0.29, 0.717) is 18.7 Å². The smallest absolute Gasteiger partial charge is 0.255 e. The lowest BCUT2D eigenvalue weighted by Crippen LogP contribution is -2.35. The molecule has 0 bridgehead atoms. The van der Waals surface area contributed by atoms with Crippen LogP contribution in [-0.4, -0.2) is 36.3 Å². The van der Waals surface area contributed by atoms with Crippen LogP contribution >= 0.6 is 12.4 Å². The van der Waals surface area contributed by atoms with E-state index in [-0.39, 0.29) is 35.7 Å². The number of anilines is 1. The van der Waals surface area contributed by atoms with Crippen molar-refractivity contribution < 1.29 is 13.9 Å². The van der Waals surface area contributed by atoms with Gasteiger partial charge in [0.25, 0.3) is 5.56 Å². The summed E-state index contributed by atoms with van der Waals surface area (Å²) >= 11 is 0. The Hall–Kier alpha value is -2.22. The first-order valence-electron chi connectivity index (χ1n) is 7.63.